The summed E-state index contributed by atoms with van der Waals surface area (Å²) in [6.45, 7) is 0. The van der Waals surface area contributed by atoms with Gasteiger partial charge in [0.15, 0.2) is 5.84 Å². The lowest BCUT2D eigenvalue weighted by molar-refractivity contribution is 0.318. The van der Waals surface area contributed by atoms with Crippen LogP contribution in [-0.2, 0) is 0 Å². The van der Waals surface area contributed by atoms with Crippen LogP contribution in [0.3, 0.4) is 0 Å². The number of oxime groups is 1. The molecule has 0 aliphatic heterocycles. The molecule has 21 heavy (non-hydrogen) atoms. The lowest BCUT2D eigenvalue weighted by Gasteiger charge is -2.11. The van der Waals surface area contributed by atoms with Crippen molar-refractivity contribution in [1.29, 1.82) is 0 Å². The summed E-state index contributed by atoms with van der Waals surface area (Å²) in [6, 6.07) is 15.8. The number of benzene rings is 2. The van der Waals surface area contributed by atoms with Crippen LogP contribution in [0.2, 0.25) is 0 Å². The Balaban J connectivity index is 2.10. The first-order valence-electron chi connectivity index (χ1n) is 6.63. The molecule has 2 aromatic rings. The Labute approximate surface area is 124 Å². The Morgan fingerprint density at radius 3 is 1.86 bits per heavy atom. The van der Waals surface area contributed by atoms with Crippen molar-refractivity contribution in [2.45, 2.75) is 0 Å². The van der Waals surface area contributed by atoms with E-state index in [-0.39, 0.29) is 5.84 Å². The van der Waals surface area contributed by atoms with Gasteiger partial charge in [0.25, 0.3) is 0 Å². The van der Waals surface area contributed by atoms with Crippen LogP contribution >= 0.6 is 0 Å². The molecule has 2 aromatic carbocycles. The quantitative estimate of drug-likeness (QED) is 0.298. The fourth-order valence-corrected chi connectivity index (χ4v) is 1.90. The van der Waals surface area contributed by atoms with Crippen molar-refractivity contribution < 1.29 is 5.21 Å². The first kappa shape index (κ1) is 14.7. The van der Waals surface area contributed by atoms with Crippen molar-refractivity contribution in [1.82, 2.24) is 0 Å². The molecule has 2 rings (SSSR count). The third-order valence-electron chi connectivity index (χ3n) is 3.19. The zero-order valence-electron chi connectivity index (χ0n) is 12.2. The predicted molar refractivity (Wildman–Crippen MR) is 88.6 cm³/mol. The van der Waals surface area contributed by atoms with Crippen molar-refractivity contribution in [3.05, 3.63) is 65.2 Å². The summed E-state index contributed by atoms with van der Waals surface area (Å²) in [6.07, 6.45) is 4.08. The molecule has 108 valence electrons. The summed E-state index contributed by atoms with van der Waals surface area (Å²) in [7, 11) is 4.04. The third kappa shape index (κ3) is 3.86. The summed E-state index contributed by atoms with van der Waals surface area (Å²) >= 11 is 0. The highest BCUT2D eigenvalue weighted by Crippen LogP contribution is 2.15. The Morgan fingerprint density at radius 1 is 0.952 bits per heavy atom. The average Bonchev–Trinajstić information content (AvgIpc) is 2.53. The zero-order chi connectivity index (χ0) is 15.2. The molecule has 0 radical (unpaired) electrons. The van der Waals surface area contributed by atoms with Crippen LogP contribution in [0.15, 0.2) is 53.7 Å². The van der Waals surface area contributed by atoms with E-state index in [2.05, 4.69) is 40.4 Å². The van der Waals surface area contributed by atoms with E-state index in [1.807, 2.05) is 44.4 Å². The first-order valence-corrected chi connectivity index (χ1v) is 6.63. The molecule has 0 aliphatic carbocycles. The average molecular weight is 281 g/mol. The topological polar surface area (TPSA) is 61.8 Å². The van der Waals surface area contributed by atoms with Gasteiger partial charge in [-0.05, 0) is 23.3 Å². The number of rotatable bonds is 4. The van der Waals surface area contributed by atoms with Gasteiger partial charge in [-0.2, -0.15) is 0 Å². The lowest BCUT2D eigenvalue weighted by Crippen LogP contribution is -2.12. The maximum absolute atomic E-state index is 8.62. The van der Waals surface area contributed by atoms with E-state index in [1.165, 1.54) is 5.69 Å². The fraction of sp³-hybridized carbons (Fsp3) is 0.118. The maximum Gasteiger partial charge on any atom is 0.170 e. The normalized spacial score (nSPS) is 11.8. The molecule has 4 heteroatoms. The van der Waals surface area contributed by atoms with Crippen molar-refractivity contribution in [3.8, 4) is 0 Å². The molecular formula is C17H19N3O. The molecule has 0 saturated heterocycles. The van der Waals surface area contributed by atoms with Crippen molar-refractivity contribution in [2.75, 3.05) is 19.0 Å². The van der Waals surface area contributed by atoms with Crippen molar-refractivity contribution >= 4 is 23.7 Å². The van der Waals surface area contributed by atoms with Gasteiger partial charge in [-0.3, -0.25) is 0 Å². The second-order valence-corrected chi connectivity index (χ2v) is 4.93. The maximum atomic E-state index is 8.62. The fourth-order valence-electron chi connectivity index (χ4n) is 1.90. The molecule has 0 amide bonds. The summed E-state index contributed by atoms with van der Waals surface area (Å²) in [5.41, 5.74) is 9.60. The molecule has 0 aliphatic rings. The van der Waals surface area contributed by atoms with Gasteiger partial charge in [0.1, 0.15) is 0 Å². The van der Waals surface area contributed by atoms with E-state index >= 15 is 0 Å². The van der Waals surface area contributed by atoms with Crippen LogP contribution < -0.4 is 10.6 Å². The molecule has 3 N–H and O–H groups in total. The number of amidine groups is 1. The smallest absolute Gasteiger partial charge is 0.170 e. The standard InChI is InChI=1S/C17H19N3O/c1-20(2)16-11-7-14(8-12-16)4-3-13-5-9-15(10-6-13)17(18)19-21/h3-12,21H,1-2H3,(H2,18,19)/b4-3+. The second kappa shape index (κ2) is 6.61. The highest BCUT2D eigenvalue weighted by atomic mass is 16.4. The summed E-state index contributed by atoms with van der Waals surface area (Å²) < 4.78 is 0. The lowest BCUT2D eigenvalue weighted by atomic mass is 10.1. The summed E-state index contributed by atoms with van der Waals surface area (Å²) in [4.78, 5) is 2.07. The van der Waals surface area contributed by atoms with E-state index in [0.717, 1.165) is 11.1 Å². The van der Waals surface area contributed by atoms with Gasteiger partial charge in [-0.25, -0.2) is 0 Å². The minimum absolute atomic E-state index is 0.116. The highest BCUT2D eigenvalue weighted by molar-refractivity contribution is 5.97. The molecule has 0 heterocycles. The molecule has 0 unspecified atom stereocenters. The van der Waals surface area contributed by atoms with Crippen LogP contribution in [0.1, 0.15) is 16.7 Å². The van der Waals surface area contributed by atoms with E-state index in [4.69, 9.17) is 10.9 Å². The molecular weight excluding hydrogens is 262 g/mol. The zero-order valence-corrected chi connectivity index (χ0v) is 12.2. The number of hydrogen-bond acceptors (Lipinski definition) is 3. The van der Waals surface area contributed by atoms with Crippen LogP contribution in [0, 0.1) is 0 Å². The number of hydrogen-bond donors (Lipinski definition) is 2. The van der Waals surface area contributed by atoms with Gasteiger partial charge in [-0.15, -0.1) is 0 Å². The minimum Gasteiger partial charge on any atom is -0.409 e. The minimum atomic E-state index is 0.116. The SMILES string of the molecule is CN(C)c1ccc(/C=C/c2ccc(/C(N)=N/O)cc2)cc1. The third-order valence-corrected chi connectivity index (χ3v) is 3.19. The number of anilines is 1. The van der Waals surface area contributed by atoms with E-state index in [1.54, 1.807) is 0 Å². The van der Waals surface area contributed by atoms with Gasteiger partial charge in [0.05, 0.1) is 0 Å². The largest absolute Gasteiger partial charge is 0.409 e. The summed E-state index contributed by atoms with van der Waals surface area (Å²) in [5.74, 6) is 0.116. The number of nitrogens with two attached hydrogens (primary N) is 1. The van der Waals surface area contributed by atoms with Gasteiger partial charge in [0.2, 0.25) is 0 Å². The van der Waals surface area contributed by atoms with Crippen molar-refractivity contribution in [3.63, 3.8) is 0 Å². The highest BCUT2D eigenvalue weighted by Gasteiger charge is 1.97. The van der Waals surface area contributed by atoms with E-state index in [0.29, 0.717) is 5.56 Å². The molecule has 0 fully saturated rings. The van der Waals surface area contributed by atoms with Gasteiger partial charge in [0, 0.05) is 25.3 Å². The predicted octanol–water partition coefficient (Wildman–Crippen LogP) is 3.02. The molecule has 0 atom stereocenters. The summed E-state index contributed by atoms with van der Waals surface area (Å²) in [5, 5.41) is 11.6. The molecule has 0 aromatic heterocycles. The second-order valence-electron chi connectivity index (χ2n) is 4.93. The monoisotopic (exact) mass is 281 g/mol. The first-order chi connectivity index (χ1) is 10.1. The van der Waals surface area contributed by atoms with Crippen LogP contribution in [0.4, 0.5) is 5.69 Å². The Hall–Kier alpha value is -2.75. The van der Waals surface area contributed by atoms with Crippen molar-refractivity contribution in [2.24, 2.45) is 10.9 Å². The van der Waals surface area contributed by atoms with E-state index in [9.17, 15) is 0 Å². The van der Waals surface area contributed by atoms with Gasteiger partial charge < -0.3 is 15.8 Å². The molecule has 0 saturated carbocycles. The van der Waals surface area contributed by atoms with Gasteiger partial charge in [-0.1, -0.05) is 53.7 Å². The van der Waals surface area contributed by atoms with Crippen LogP contribution in [-0.4, -0.2) is 25.1 Å². The Kier molecular flexibility index (Phi) is 4.61. The van der Waals surface area contributed by atoms with Gasteiger partial charge >= 0.3 is 0 Å². The van der Waals surface area contributed by atoms with Crippen LogP contribution in [0.25, 0.3) is 12.2 Å². The van der Waals surface area contributed by atoms with Crippen LogP contribution in [0.5, 0.6) is 0 Å². The Morgan fingerprint density at radius 2 is 1.43 bits per heavy atom. The molecule has 0 spiro atoms. The molecule has 0 bridgehead atoms. The molecule has 4 nitrogen and oxygen atoms in total. The Bertz CT molecular complexity index is 641. The van der Waals surface area contributed by atoms with E-state index < -0.39 is 0 Å². The number of nitrogens with zero attached hydrogens (tertiary/aromatic N) is 2.